The second-order valence-electron chi connectivity index (χ2n) is 7.43. The Hall–Kier alpha value is -2.53. The molecule has 9 nitrogen and oxygen atoms in total. The van der Waals surface area contributed by atoms with Gasteiger partial charge in [-0.05, 0) is 36.2 Å². The van der Waals surface area contributed by atoms with E-state index >= 15 is 0 Å². The predicted octanol–water partition coefficient (Wildman–Crippen LogP) is 3.25. The number of hydrogen-bond acceptors (Lipinski definition) is 7. The Balaban J connectivity index is 1.65. The van der Waals surface area contributed by atoms with Crippen LogP contribution in [-0.4, -0.2) is 46.2 Å². The molecule has 0 radical (unpaired) electrons. The van der Waals surface area contributed by atoms with Crippen molar-refractivity contribution in [2.24, 2.45) is 5.92 Å². The minimum Gasteiger partial charge on any atom is -0.486 e. The summed E-state index contributed by atoms with van der Waals surface area (Å²) in [6, 6.07) is 7.43. The zero-order chi connectivity index (χ0) is 24.2. The first-order chi connectivity index (χ1) is 15.6. The maximum absolute atomic E-state index is 12.9. The summed E-state index contributed by atoms with van der Waals surface area (Å²) >= 11 is 11.9. The highest BCUT2D eigenvalue weighted by molar-refractivity contribution is 7.89. The van der Waals surface area contributed by atoms with Gasteiger partial charge in [-0.25, -0.2) is 8.42 Å². The summed E-state index contributed by atoms with van der Waals surface area (Å²) in [4.78, 5) is 24.6. The molecule has 0 saturated heterocycles. The Kier molecular flexibility index (Phi) is 8.06. The topological polar surface area (TPSA) is 120 Å². The van der Waals surface area contributed by atoms with Crippen molar-refractivity contribution in [3.8, 4) is 11.5 Å². The SMILES string of the molecule is CC(C)[C@@H](NS(=O)(=O)c1ccc2c(c1)OCCO2)C(=O)OCC(=O)Nc1cc(Cl)ccc1Cl. The summed E-state index contributed by atoms with van der Waals surface area (Å²) in [5.74, 6) is -1.30. The van der Waals surface area contributed by atoms with Crippen LogP contribution in [0.25, 0.3) is 0 Å². The van der Waals surface area contributed by atoms with Crippen LogP contribution in [0.3, 0.4) is 0 Å². The van der Waals surface area contributed by atoms with Crippen LogP contribution in [0, 0.1) is 5.92 Å². The van der Waals surface area contributed by atoms with Crippen molar-refractivity contribution >= 4 is 50.8 Å². The third kappa shape index (κ3) is 6.50. The molecule has 2 aromatic carbocycles. The van der Waals surface area contributed by atoms with E-state index in [4.69, 9.17) is 37.4 Å². The van der Waals surface area contributed by atoms with Gasteiger partial charge in [0, 0.05) is 11.1 Å². The zero-order valence-electron chi connectivity index (χ0n) is 17.8. The number of amides is 1. The maximum Gasteiger partial charge on any atom is 0.324 e. The van der Waals surface area contributed by atoms with E-state index in [9.17, 15) is 18.0 Å². The van der Waals surface area contributed by atoms with Crippen molar-refractivity contribution in [3.63, 3.8) is 0 Å². The fraction of sp³-hybridized carbons (Fsp3) is 0.333. The molecule has 1 amide bonds. The lowest BCUT2D eigenvalue weighted by atomic mass is 10.1. The number of nitrogens with one attached hydrogen (secondary N) is 2. The first kappa shape index (κ1) is 25.1. The smallest absolute Gasteiger partial charge is 0.324 e. The molecule has 1 heterocycles. The van der Waals surface area contributed by atoms with E-state index < -0.39 is 40.5 Å². The first-order valence-electron chi connectivity index (χ1n) is 9.90. The Bertz CT molecular complexity index is 1160. The number of halogens is 2. The highest BCUT2D eigenvalue weighted by atomic mass is 35.5. The standard InChI is InChI=1S/C21H22Cl2N2O7S/c1-12(2)20(21(27)32-11-19(26)24-16-9-13(22)3-5-15(16)23)25-33(28,29)14-4-6-17-18(10-14)31-8-7-30-17/h3-6,9-10,12,20,25H,7-8,11H2,1-2H3,(H,24,26)/t20-/m1/s1. The van der Waals surface area contributed by atoms with Crippen molar-refractivity contribution in [3.05, 3.63) is 46.4 Å². The number of rotatable bonds is 8. The molecule has 0 aromatic heterocycles. The minimum absolute atomic E-state index is 0.0986. The molecule has 1 aliphatic rings. The number of fused-ring (bicyclic) bond motifs is 1. The van der Waals surface area contributed by atoms with Crippen LogP contribution < -0.4 is 19.5 Å². The van der Waals surface area contributed by atoms with Gasteiger partial charge in [0.1, 0.15) is 19.3 Å². The molecule has 33 heavy (non-hydrogen) atoms. The number of carbonyl (C=O) groups excluding carboxylic acids is 2. The van der Waals surface area contributed by atoms with Crippen molar-refractivity contribution in [2.45, 2.75) is 24.8 Å². The third-order valence-corrected chi connectivity index (χ3v) is 6.58. The molecule has 0 aliphatic carbocycles. The normalized spacial score (nSPS) is 14.0. The minimum atomic E-state index is -4.10. The number of carbonyl (C=O) groups is 2. The second-order valence-corrected chi connectivity index (χ2v) is 9.99. The summed E-state index contributed by atoms with van der Waals surface area (Å²) in [6.45, 7) is 3.31. The van der Waals surface area contributed by atoms with Crippen molar-refractivity contribution in [1.82, 2.24) is 4.72 Å². The lowest BCUT2D eigenvalue weighted by molar-refractivity contribution is -0.150. The molecule has 1 aliphatic heterocycles. The van der Waals surface area contributed by atoms with Crippen molar-refractivity contribution < 1.29 is 32.2 Å². The van der Waals surface area contributed by atoms with Crippen LogP contribution in [0.15, 0.2) is 41.3 Å². The molecule has 1 atom stereocenters. The van der Waals surface area contributed by atoms with E-state index in [1.54, 1.807) is 19.9 Å². The van der Waals surface area contributed by atoms with Crippen LogP contribution in [0.5, 0.6) is 11.5 Å². The number of benzene rings is 2. The summed E-state index contributed by atoms with van der Waals surface area (Å²) in [7, 11) is -4.10. The van der Waals surface area contributed by atoms with Crippen LogP contribution >= 0.6 is 23.2 Å². The Morgan fingerprint density at radius 2 is 1.76 bits per heavy atom. The highest BCUT2D eigenvalue weighted by Gasteiger charge is 2.31. The number of ether oxygens (including phenoxy) is 3. The molecule has 2 aromatic rings. The average Bonchev–Trinajstić information content (AvgIpc) is 2.77. The zero-order valence-corrected chi connectivity index (χ0v) is 20.1. The van der Waals surface area contributed by atoms with E-state index in [1.807, 2.05) is 0 Å². The summed E-state index contributed by atoms with van der Waals surface area (Å²) < 4.78 is 43.9. The summed E-state index contributed by atoms with van der Waals surface area (Å²) in [5, 5.41) is 3.10. The maximum atomic E-state index is 12.9. The van der Waals surface area contributed by atoms with Crippen LogP contribution in [0.1, 0.15) is 13.8 Å². The van der Waals surface area contributed by atoms with Gasteiger partial charge in [0.2, 0.25) is 10.0 Å². The molecule has 3 rings (SSSR count). The average molecular weight is 517 g/mol. The van der Waals surface area contributed by atoms with Gasteiger partial charge < -0.3 is 19.5 Å². The van der Waals surface area contributed by atoms with Crippen LogP contribution in [0.4, 0.5) is 5.69 Å². The van der Waals surface area contributed by atoms with Gasteiger partial charge in [0.05, 0.1) is 15.6 Å². The van der Waals surface area contributed by atoms with Crippen molar-refractivity contribution in [1.29, 1.82) is 0 Å². The number of hydrogen-bond donors (Lipinski definition) is 2. The van der Waals surface area contributed by atoms with Gasteiger partial charge in [0.25, 0.3) is 5.91 Å². The van der Waals surface area contributed by atoms with Gasteiger partial charge in [-0.15, -0.1) is 0 Å². The van der Waals surface area contributed by atoms with Crippen LogP contribution in [-0.2, 0) is 24.3 Å². The van der Waals surface area contributed by atoms with Crippen molar-refractivity contribution in [2.75, 3.05) is 25.1 Å². The largest absolute Gasteiger partial charge is 0.486 e. The van der Waals surface area contributed by atoms with Crippen LogP contribution in [0.2, 0.25) is 10.0 Å². The molecule has 0 unspecified atom stereocenters. The molecule has 0 fully saturated rings. The third-order valence-electron chi connectivity index (χ3n) is 4.57. The highest BCUT2D eigenvalue weighted by Crippen LogP contribution is 2.32. The van der Waals surface area contributed by atoms with Gasteiger partial charge >= 0.3 is 5.97 Å². The molecule has 0 saturated carbocycles. The first-order valence-corrected chi connectivity index (χ1v) is 12.1. The molecule has 0 spiro atoms. The predicted molar refractivity (Wildman–Crippen MR) is 122 cm³/mol. The molecular formula is C21H22Cl2N2O7S. The van der Waals surface area contributed by atoms with Gasteiger partial charge in [-0.3, -0.25) is 9.59 Å². The van der Waals surface area contributed by atoms with Gasteiger partial charge in [0.15, 0.2) is 18.1 Å². The summed E-state index contributed by atoms with van der Waals surface area (Å²) in [5.41, 5.74) is 0.255. The van der Waals surface area contributed by atoms with E-state index in [2.05, 4.69) is 10.0 Å². The Morgan fingerprint density at radius 1 is 1.06 bits per heavy atom. The lowest BCUT2D eigenvalue weighted by Crippen LogP contribution is -2.45. The Labute approximate surface area is 201 Å². The van der Waals surface area contributed by atoms with E-state index in [-0.39, 0.29) is 15.6 Å². The number of esters is 1. The van der Waals surface area contributed by atoms with Gasteiger partial charge in [-0.1, -0.05) is 37.0 Å². The van der Waals surface area contributed by atoms with E-state index in [0.29, 0.717) is 29.7 Å². The molecule has 2 N–H and O–H groups in total. The number of anilines is 1. The quantitative estimate of drug-likeness (QED) is 0.516. The Morgan fingerprint density at radius 3 is 2.45 bits per heavy atom. The number of sulfonamides is 1. The fourth-order valence-corrected chi connectivity index (χ4v) is 4.57. The molecule has 12 heteroatoms. The van der Waals surface area contributed by atoms with E-state index in [0.717, 1.165) is 0 Å². The molecule has 178 valence electrons. The second kappa shape index (κ2) is 10.6. The molecule has 0 bridgehead atoms. The van der Waals surface area contributed by atoms with Gasteiger partial charge in [-0.2, -0.15) is 4.72 Å². The monoisotopic (exact) mass is 516 g/mol. The van der Waals surface area contributed by atoms with E-state index in [1.165, 1.54) is 30.3 Å². The lowest BCUT2D eigenvalue weighted by Gasteiger charge is -2.22. The molecular weight excluding hydrogens is 495 g/mol. The summed E-state index contributed by atoms with van der Waals surface area (Å²) in [6.07, 6.45) is 0. The fourth-order valence-electron chi connectivity index (χ4n) is 2.89.